The number of carbonyl (C=O) groups is 1. The summed E-state index contributed by atoms with van der Waals surface area (Å²) in [6, 6.07) is 16.3. The lowest BCUT2D eigenvalue weighted by Crippen LogP contribution is -2.16. The highest BCUT2D eigenvalue weighted by atomic mass is 16.6. The molecule has 2 aromatic carbocycles. The van der Waals surface area contributed by atoms with Crippen molar-refractivity contribution in [3.63, 3.8) is 0 Å². The first-order valence-electron chi connectivity index (χ1n) is 8.43. The first-order chi connectivity index (χ1) is 13.1. The number of amides is 1. The van der Waals surface area contributed by atoms with Crippen LogP contribution in [0.3, 0.4) is 0 Å². The quantitative estimate of drug-likeness (QED) is 0.543. The van der Waals surface area contributed by atoms with Crippen LogP contribution >= 0.6 is 0 Å². The van der Waals surface area contributed by atoms with E-state index < -0.39 is 6.09 Å². The molecule has 1 amide bonds. The van der Waals surface area contributed by atoms with E-state index in [0.29, 0.717) is 11.4 Å². The number of rotatable bonds is 7. The molecule has 0 atom stereocenters. The van der Waals surface area contributed by atoms with E-state index in [-0.39, 0.29) is 5.95 Å². The van der Waals surface area contributed by atoms with Gasteiger partial charge in [-0.25, -0.2) is 4.79 Å². The number of furan rings is 1. The number of ether oxygens (including phenoxy) is 2. The molecule has 0 bridgehead atoms. The van der Waals surface area contributed by atoms with Gasteiger partial charge in [0.1, 0.15) is 5.75 Å². The average molecular weight is 367 g/mol. The minimum Gasteiger partial charge on any atom is -0.497 e. The fourth-order valence-corrected chi connectivity index (χ4v) is 2.49. The molecular weight excluding hydrogens is 346 g/mol. The van der Waals surface area contributed by atoms with Crippen LogP contribution in [0.4, 0.5) is 21.9 Å². The van der Waals surface area contributed by atoms with Crippen molar-refractivity contribution in [3.8, 4) is 11.7 Å². The van der Waals surface area contributed by atoms with Gasteiger partial charge in [-0.15, -0.1) is 0 Å². The fourth-order valence-electron chi connectivity index (χ4n) is 2.49. The lowest BCUT2D eigenvalue weighted by molar-refractivity contribution is 0.202. The maximum absolute atomic E-state index is 11.8. The molecule has 27 heavy (non-hydrogen) atoms. The molecule has 0 aliphatic carbocycles. The van der Waals surface area contributed by atoms with E-state index in [0.717, 1.165) is 24.4 Å². The van der Waals surface area contributed by atoms with E-state index >= 15 is 0 Å². The number of nitrogen functional groups attached to an aromatic ring is 1. The Morgan fingerprint density at radius 3 is 2.63 bits per heavy atom. The Labute approximate surface area is 157 Å². The molecule has 3 rings (SSSR count). The SMILES string of the molecule is COc1ccc(CCNc2ccc(NC(=O)Oc3ccco3)cc2N)cc1. The van der Waals surface area contributed by atoms with Crippen LogP contribution in [0.15, 0.2) is 65.3 Å². The van der Waals surface area contributed by atoms with E-state index in [9.17, 15) is 4.79 Å². The predicted molar refractivity (Wildman–Crippen MR) is 104 cm³/mol. The van der Waals surface area contributed by atoms with Crippen molar-refractivity contribution in [3.05, 3.63) is 66.4 Å². The molecule has 4 N–H and O–H groups in total. The predicted octanol–water partition coefficient (Wildman–Crippen LogP) is 4.14. The summed E-state index contributed by atoms with van der Waals surface area (Å²) in [5, 5.41) is 5.89. The summed E-state index contributed by atoms with van der Waals surface area (Å²) in [5.74, 6) is 0.960. The van der Waals surface area contributed by atoms with Gasteiger partial charge in [0.25, 0.3) is 5.95 Å². The molecular formula is C20H21N3O4. The van der Waals surface area contributed by atoms with Crippen LogP contribution in [0.25, 0.3) is 0 Å². The lowest BCUT2D eigenvalue weighted by Gasteiger charge is -2.12. The van der Waals surface area contributed by atoms with Crippen molar-refractivity contribution in [1.29, 1.82) is 0 Å². The van der Waals surface area contributed by atoms with Crippen LogP contribution in [0, 0.1) is 0 Å². The smallest absolute Gasteiger partial charge is 0.419 e. The number of nitrogens with two attached hydrogens (primary N) is 1. The van der Waals surface area contributed by atoms with E-state index in [1.165, 1.54) is 11.8 Å². The molecule has 0 fully saturated rings. The highest BCUT2D eigenvalue weighted by molar-refractivity contribution is 5.87. The topological polar surface area (TPSA) is 98.8 Å². The van der Waals surface area contributed by atoms with Crippen molar-refractivity contribution < 1.29 is 18.7 Å². The number of hydrogen-bond donors (Lipinski definition) is 3. The van der Waals surface area contributed by atoms with Crippen molar-refractivity contribution in [2.24, 2.45) is 0 Å². The molecule has 1 heterocycles. The van der Waals surface area contributed by atoms with Gasteiger partial charge in [-0.2, -0.15) is 0 Å². The third kappa shape index (κ3) is 5.18. The monoisotopic (exact) mass is 367 g/mol. The third-order valence-electron chi connectivity index (χ3n) is 3.87. The van der Waals surface area contributed by atoms with Gasteiger partial charge in [-0.05, 0) is 48.4 Å². The molecule has 7 heteroatoms. The maximum atomic E-state index is 11.8. The Hall–Kier alpha value is -3.61. The summed E-state index contributed by atoms with van der Waals surface area (Å²) in [5.41, 5.74) is 9.12. The molecule has 1 aromatic heterocycles. The van der Waals surface area contributed by atoms with Gasteiger partial charge in [-0.3, -0.25) is 5.32 Å². The second kappa shape index (κ2) is 8.66. The molecule has 3 aromatic rings. The molecule has 0 saturated carbocycles. The largest absolute Gasteiger partial charge is 0.497 e. The third-order valence-corrected chi connectivity index (χ3v) is 3.87. The van der Waals surface area contributed by atoms with Gasteiger partial charge in [-0.1, -0.05) is 12.1 Å². The zero-order valence-corrected chi connectivity index (χ0v) is 14.9. The van der Waals surface area contributed by atoms with Crippen LogP contribution in [0.5, 0.6) is 11.7 Å². The van der Waals surface area contributed by atoms with E-state index in [4.69, 9.17) is 19.6 Å². The Morgan fingerprint density at radius 1 is 1.15 bits per heavy atom. The van der Waals surface area contributed by atoms with Crippen LogP contribution in [-0.2, 0) is 6.42 Å². The van der Waals surface area contributed by atoms with Crippen molar-refractivity contribution >= 4 is 23.2 Å². The van der Waals surface area contributed by atoms with Gasteiger partial charge in [0, 0.05) is 18.3 Å². The summed E-state index contributed by atoms with van der Waals surface area (Å²) in [6.45, 7) is 0.726. The first-order valence-corrected chi connectivity index (χ1v) is 8.43. The molecule has 7 nitrogen and oxygen atoms in total. The van der Waals surface area contributed by atoms with Crippen molar-refractivity contribution in [2.75, 3.05) is 30.0 Å². The van der Waals surface area contributed by atoms with Gasteiger partial charge in [0.05, 0.1) is 24.7 Å². The number of nitrogens with one attached hydrogen (secondary N) is 2. The molecule has 0 aliphatic rings. The standard InChI is InChI=1S/C20H21N3O4/c1-25-16-7-4-14(5-8-16)10-11-22-18-9-6-15(13-17(18)21)23-20(24)27-19-3-2-12-26-19/h2-9,12-13,22H,10-11,21H2,1H3,(H,23,24). The molecule has 0 unspecified atom stereocenters. The molecule has 0 radical (unpaired) electrons. The van der Waals surface area contributed by atoms with E-state index in [2.05, 4.69) is 10.6 Å². The highest BCUT2D eigenvalue weighted by Crippen LogP contribution is 2.23. The van der Waals surface area contributed by atoms with Gasteiger partial charge in [0.2, 0.25) is 0 Å². The average Bonchev–Trinajstić information content (AvgIpc) is 3.17. The molecule has 0 spiro atoms. The number of methoxy groups -OCH3 is 1. The number of hydrogen-bond acceptors (Lipinski definition) is 6. The van der Waals surface area contributed by atoms with Crippen LogP contribution in [-0.4, -0.2) is 19.7 Å². The summed E-state index contributed by atoms with van der Waals surface area (Å²) >= 11 is 0. The number of benzene rings is 2. The van der Waals surface area contributed by atoms with Crippen molar-refractivity contribution in [1.82, 2.24) is 0 Å². The summed E-state index contributed by atoms with van der Waals surface area (Å²) in [4.78, 5) is 11.8. The van der Waals surface area contributed by atoms with E-state index in [1.54, 1.807) is 31.4 Å². The van der Waals surface area contributed by atoms with Gasteiger partial charge < -0.3 is 24.9 Å². The lowest BCUT2D eigenvalue weighted by atomic mass is 10.1. The number of anilines is 3. The molecule has 0 aliphatic heterocycles. The Balaban J connectivity index is 1.50. The fraction of sp³-hybridized carbons (Fsp3) is 0.150. The van der Waals surface area contributed by atoms with Gasteiger partial charge in [0.15, 0.2) is 0 Å². The zero-order chi connectivity index (χ0) is 19.1. The summed E-state index contributed by atoms with van der Waals surface area (Å²) in [7, 11) is 1.65. The first kappa shape index (κ1) is 18.2. The Kier molecular flexibility index (Phi) is 5.84. The Morgan fingerprint density at radius 2 is 1.96 bits per heavy atom. The van der Waals surface area contributed by atoms with Gasteiger partial charge >= 0.3 is 6.09 Å². The second-order valence-electron chi connectivity index (χ2n) is 5.77. The zero-order valence-electron chi connectivity index (χ0n) is 14.9. The van der Waals surface area contributed by atoms with Crippen LogP contribution in [0.1, 0.15) is 5.56 Å². The van der Waals surface area contributed by atoms with E-state index in [1.807, 2.05) is 30.3 Å². The molecule has 0 saturated heterocycles. The highest BCUT2D eigenvalue weighted by Gasteiger charge is 2.08. The van der Waals surface area contributed by atoms with Crippen LogP contribution in [0.2, 0.25) is 0 Å². The summed E-state index contributed by atoms with van der Waals surface area (Å²) < 4.78 is 15.1. The normalized spacial score (nSPS) is 10.3. The Bertz CT molecular complexity index is 877. The minimum atomic E-state index is -0.649. The molecule has 140 valence electrons. The van der Waals surface area contributed by atoms with Crippen molar-refractivity contribution in [2.45, 2.75) is 6.42 Å². The van der Waals surface area contributed by atoms with Crippen LogP contribution < -0.4 is 25.8 Å². The number of carbonyl (C=O) groups excluding carboxylic acids is 1. The minimum absolute atomic E-state index is 0.122. The summed E-state index contributed by atoms with van der Waals surface area (Å²) in [6.07, 6.45) is 1.62. The second-order valence-corrected chi connectivity index (χ2v) is 5.77. The maximum Gasteiger partial charge on any atom is 0.419 e.